The van der Waals surface area contributed by atoms with Crippen LogP contribution in [0.4, 0.5) is 8.78 Å². The zero-order valence-corrected chi connectivity index (χ0v) is 13.6. The molecule has 0 amide bonds. The van der Waals surface area contributed by atoms with E-state index in [0.29, 0.717) is 3.57 Å². The van der Waals surface area contributed by atoms with Crippen molar-refractivity contribution in [2.24, 2.45) is 0 Å². The number of hydrogen-bond acceptors (Lipinski definition) is 4. The van der Waals surface area contributed by atoms with E-state index < -0.39 is 34.5 Å². The molecule has 4 nitrogen and oxygen atoms in total. The van der Waals surface area contributed by atoms with E-state index in [2.05, 4.69) is 0 Å². The topological polar surface area (TPSA) is 52.6 Å². The van der Waals surface area contributed by atoms with Gasteiger partial charge >= 0.3 is 5.97 Å². The fourth-order valence-corrected chi connectivity index (χ4v) is 2.02. The highest BCUT2D eigenvalue weighted by atomic mass is 127. The van der Waals surface area contributed by atoms with Crippen molar-refractivity contribution in [3.8, 4) is 0 Å². The third kappa shape index (κ3) is 4.48. The minimum absolute atomic E-state index is 0.0404. The maximum atomic E-state index is 13.7. The standard InChI is InChI=1S/C14H13F2IO4/c1-3-20-7-10(14(19)21-4-2)13(18)9-5-8(17)6-11(15)12(9)16/h5-7H,3-4H2,1-2H3/b10-7-. The van der Waals surface area contributed by atoms with Crippen LogP contribution < -0.4 is 0 Å². The smallest absolute Gasteiger partial charge is 0.345 e. The Balaban J connectivity index is 3.26. The summed E-state index contributed by atoms with van der Waals surface area (Å²) < 4.78 is 37.1. The second kappa shape index (κ2) is 8.06. The number of benzene rings is 1. The summed E-state index contributed by atoms with van der Waals surface area (Å²) in [5.74, 6) is -4.41. The van der Waals surface area contributed by atoms with Crippen molar-refractivity contribution in [3.05, 3.63) is 44.7 Å². The molecular formula is C14H13F2IO4. The number of halogens is 3. The van der Waals surface area contributed by atoms with E-state index >= 15 is 0 Å². The van der Waals surface area contributed by atoms with Crippen LogP contribution in [0.25, 0.3) is 0 Å². The van der Waals surface area contributed by atoms with Gasteiger partial charge in [0.05, 0.1) is 18.8 Å². The summed E-state index contributed by atoms with van der Waals surface area (Å²) in [6, 6.07) is 2.10. The summed E-state index contributed by atoms with van der Waals surface area (Å²) >= 11 is 1.74. The number of esters is 1. The molecule has 21 heavy (non-hydrogen) atoms. The number of ketones is 1. The van der Waals surface area contributed by atoms with Gasteiger partial charge in [0.1, 0.15) is 11.8 Å². The quantitative estimate of drug-likeness (QED) is 0.106. The minimum Gasteiger partial charge on any atom is -0.500 e. The van der Waals surface area contributed by atoms with Crippen molar-refractivity contribution in [1.29, 1.82) is 0 Å². The fourth-order valence-electron chi connectivity index (χ4n) is 1.44. The maximum absolute atomic E-state index is 13.7. The molecule has 7 heteroatoms. The van der Waals surface area contributed by atoms with Crippen LogP contribution in [0, 0.1) is 15.2 Å². The van der Waals surface area contributed by atoms with Gasteiger partial charge in [0.25, 0.3) is 0 Å². The average Bonchev–Trinajstić information content (AvgIpc) is 2.43. The molecule has 0 aliphatic heterocycles. The maximum Gasteiger partial charge on any atom is 0.345 e. The summed E-state index contributed by atoms with van der Waals surface area (Å²) in [4.78, 5) is 24.0. The second-order valence-electron chi connectivity index (χ2n) is 3.79. The lowest BCUT2D eigenvalue weighted by Crippen LogP contribution is -2.18. The Morgan fingerprint density at radius 3 is 2.48 bits per heavy atom. The Bertz CT molecular complexity index is 585. The summed E-state index contributed by atoms with van der Waals surface area (Å²) in [7, 11) is 0. The van der Waals surface area contributed by atoms with Crippen molar-refractivity contribution < 1.29 is 27.8 Å². The van der Waals surface area contributed by atoms with Crippen LogP contribution in [0.5, 0.6) is 0 Å². The van der Waals surface area contributed by atoms with Gasteiger partial charge in [0.15, 0.2) is 11.6 Å². The van der Waals surface area contributed by atoms with Crippen LogP contribution in [0.15, 0.2) is 24.0 Å². The van der Waals surface area contributed by atoms with Gasteiger partial charge in [0.2, 0.25) is 5.78 Å². The van der Waals surface area contributed by atoms with E-state index in [0.717, 1.165) is 18.4 Å². The second-order valence-corrected chi connectivity index (χ2v) is 5.03. The van der Waals surface area contributed by atoms with Crippen LogP contribution >= 0.6 is 22.6 Å². The Kier molecular flexibility index (Phi) is 6.73. The van der Waals surface area contributed by atoms with Crippen molar-refractivity contribution in [3.63, 3.8) is 0 Å². The zero-order valence-electron chi connectivity index (χ0n) is 11.4. The first-order chi connectivity index (χ1) is 9.92. The van der Waals surface area contributed by atoms with Crippen LogP contribution in [-0.4, -0.2) is 25.0 Å². The number of rotatable bonds is 6. The number of hydrogen-bond donors (Lipinski definition) is 0. The summed E-state index contributed by atoms with van der Waals surface area (Å²) in [6.45, 7) is 3.46. The largest absolute Gasteiger partial charge is 0.500 e. The van der Waals surface area contributed by atoms with E-state index in [1.54, 1.807) is 36.4 Å². The zero-order chi connectivity index (χ0) is 16.0. The summed E-state index contributed by atoms with van der Waals surface area (Å²) in [5, 5.41) is 0. The number of carbonyl (C=O) groups is 2. The van der Waals surface area contributed by atoms with Gasteiger partial charge in [-0.15, -0.1) is 0 Å². The van der Waals surface area contributed by atoms with Gasteiger partial charge in [-0.1, -0.05) is 0 Å². The van der Waals surface area contributed by atoms with Crippen molar-refractivity contribution >= 4 is 34.3 Å². The number of Topliss-reactive ketones (excluding diaryl/α,β-unsaturated/α-hetero) is 1. The van der Waals surface area contributed by atoms with Crippen LogP contribution in [-0.2, 0) is 14.3 Å². The predicted octanol–water partition coefficient (Wildman–Crippen LogP) is 3.24. The molecule has 0 bridgehead atoms. The molecule has 0 heterocycles. The molecule has 0 aromatic heterocycles. The Morgan fingerprint density at radius 2 is 1.90 bits per heavy atom. The van der Waals surface area contributed by atoms with Gasteiger partial charge in [-0.2, -0.15) is 0 Å². The van der Waals surface area contributed by atoms with Crippen molar-refractivity contribution in [1.82, 2.24) is 0 Å². The molecule has 0 aliphatic rings. The van der Waals surface area contributed by atoms with E-state index in [1.807, 2.05) is 0 Å². The lowest BCUT2D eigenvalue weighted by molar-refractivity contribution is -0.138. The minimum atomic E-state index is -1.31. The fraction of sp³-hybridized carbons (Fsp3) is 0.286. The first-order valence-electron chi connectivity index (χ1n) is 6.10. The van der Waals surface area contributed by atoms with Crippen molar-refractivity contribution in [2.75, 3.05) is 13.2 Å². The average molecular weight is 410 g/mol. The molecule has 114 valence electrons. The van der Waals surface area contributed by atoms with Gasteiger partial charge in [-0.25, -0.2) is 13.6 Å². The molecule has 0 radical (unpaired) electrons. The summed E-state index contributed by atoms with van der Waals surface area (Å²) in [6.07, 6.45) is 0.900. The molecule has 0 fully saturated rings. The molecule has 0 saturated heterocycles. The lowest BCUT2D eigenvalue weighted by Gasteiger charge is -2.08. The Hall–Kier alpha value is -1.51. The van der Waals surface area contributed by atoms with E-state index in [1.165, 1.54) is 0 Å². The first kappa shape index (κ1) is 17.5. The molecule has 0 unspecified atom stereocenters. The molecule has 1 rings (SSSR count). The Morgan fingerprint density at radius 1 is 1.24 bits per heavy atom. The monoisotopic (exact) mass is 410 g/mol. The van der Waals surface area contributed by atoms with Gasteiger partial charge < -0.3 is 9.47 Å². The van der Waals surface area contributed by atoms with Gasteiger partial charge in [0, 0.05) is 3.57 Å². The normalized spacial score (nSPS) is 11.2. The van der Waals surface area contributed by atoms with Crippen LogP contribution in [0.1, 0.15) is 24.2 Å². The molecule has 0 atom stereocenters. The Labute approximate surface area is 134 Å². The van der Waals surface area contributed by atoms with Crippen LogP contribution in [0.2, 0.25) is 0 Å². The van der Waals surface area contributed by atoms with Gasteiger partial charge in [-0.05, 0) is 48.6 Å². The van der Waals surface area contributed by atoms with Gasteiger partial charge in [-0.3, -0.25) is 4.79 Å². The molecular weight excluding hydrogens is 397 g/mol. The van der Waals surface area contributed by atoms with Crippen molar-refractivity contribution in [2.45, 2.75) is 13.8 Å². The highest BCUT2D eigenvalue weighted by Gasteiger charge is 2.26. The van der Waals surface area contributed by atoms with E-state index in [-0.39, 0.29) is 13.2 Å². The molecule has 0 spiro atoms. The molecule has 0 aliphatic carbocycles. The van der Waals surface area contributed by atoms with E-state index in [4.69, 9.17) is 9.47 Å². The lowest BCUT2D eigenvalue weighted by atomic mass is 10.0. The third-order valence-electron chi connectivity index (χ3n) is 2.35. The predicted molar refractivity (Wildman–Crippen MR) is 79.7 cm³/mol. The SMILES string of the molecule is CCO/C=C(\C(=O)OCC)C(=O)c1cc(I)cc(F)c1F. The van der Waals surface area contributed by atoms with E-state index in [9.17, 15) is 18.4 Å². The molecule has 1 aromatic rings. The molecule has 1 aromatic carbocycles. The number of carbonyl (C=O) groups excluding carboxylic acids is 2. The molecule has 0 saturated carbocycles. The van der Waals surface area contributed by atoms with Crippen LogP contribution in [0.3, 0.4) is 0 Å². The first-order valence-corrected chi connectivity index (χ1v) is 7.18. The highest BCUT2D eigenvalue weighted by Crippen LogP contribution is 2.20. The third-order valence-corrected chi connectivity index (χ3v) is 2.97. The number of ether oxygens (including phenoxy) is 2. The summed E-state index contributed by atoms with van der Waals surface area (Å²) in [5.41, 5.74) is -1.03. The highest BCUT2D eigenvalue weighted by molar-refractivity contribution is 14.1. The molecule has 0 N–H and O–H groups in total.